The normalized spacial score (nSPS) is 11.1. The van der Waals surface area contributed by atoms with E-state index in [1.54, 1.807) is 0 Å². The third-order valence-corrected chi connectivity index (χ3v) is 4.20. The molecule has 0 saturated heterocycles. The minimum atomic E-state index is 0.689. The van der Waals surface area contributed by atoms with Gasteiger partial charge in [-0.25, -0.2) is 0 Å². The van der Waals surface area contributed by atoms with Crippen LogP contribution in [0.25, 0.3) is 16.6 Å². The molecule has 0 atom stereocenters. The summed E-state index contributed by atoms with van der Waals surface area (Å²) in [5.41, 5.74) is 10.4. The number of nitrogen functional groups attached to an aromatic ring is 1. The lowest BCUT2D eigenvalue weighted by atomic mass is 10.1. The predicted octanol–water partition coefficient (Wildman–Crippen LogP) is 5.21. The lowest BCUT2D eigenvalue weighted by molar-refractivity contribution is 0.796. The third-order valence-electron chi connectivity index (χ3n) is 3.90. The fraction of sp³-hybridized carbons (Fsp3) is 0.222. The molecule has 21 heavy (non-hydrogen) atoms. The lowest BCUT2D eigenvalue weighted by Crippen LogP contribution is -2.03. The second-order valence-corrected chi connectivity index (χ2v) is 5.72. The average molecular weight is 299 g/mol. The zero-order valence-corrected chi connectivity index (χ0v) is 12.9. The van der Waals surface area contributed by atoms with Gasteiger partial charge in [-0.2, -0.15) is 0 Å². The maximum Gasteiger partial charge on any atom is 0.0877 e. The summed E-state index contributed by atoms with van der Waals surface area (Å²) in [7, 11) is 0. The number of benzene rings is 2. The van der Waals surface area contributed by atoms with Gasteiger partial charge in [-0.1, -0.05) is 49.2 Å². The number of nitrogens with two attached hydrogens (primary N) is 1. The fourth-order valence-corrected chi connectivity index (χ4v) is 2.99. The Hall–Kier alpha value is -1.93. The van der Waals surface area contributed by atoms with E-state index in [1.807, 2.05) is 30.5 Å². The Morgan fingerprint density at radius 1 is 1.10 bits per heavy atom. The van der Waals surface area contributed by atoms with Crippen molar-refractivity contribution >= 4 is 28.2 Å². The highest BCUT2D eigenvalue weighted by molar-refractivity contribution is 6.33. The van der Waals surface area contributed by atoms with Gasteiger partial charge in [0.15, 0.2) is 0 Å². The number of unbranched alkanes of at least 4 members (excludes halogenated alkanes) is 1. The van der Waals surface area contributed by atoms with Crippen LogP contribution in [0.15, 0.2) is 48.7 Å². The zero-order chi connectivity index (χ0) is 14.8. The molecular weight excluding hydrogens is 280 g/mol. The molecule has 0 spiro atoms. The first-order valence-electron chi connectivity index (χ1n) is 7.35. The maximum absolute atomic E-state index is 6.43. The van der Waals surface area contributed by atoms with E-state index in [0.717, 1.165) is 36.2 Å². The Labute approximate surface area is 130 Å². The Bertz CT molecular complexity index is 774. The van der Waals surface area contributed by atoms with Crippen LogP contribution < -0.4 is 5.73 Å². The van der Waals surface area contributed by atoms with Crippen molar-refractivity contribution in [1.82, 2.24) is 4.57 Å². The van der Waals surface area contributed by atoms with Crippen LogP contribution in [0.2, 0.25) is 5.02 Å². The number of halogens is 1. The van der Waals surface area contributed by atoms with Crippen molar-refractivity contribution in [3.05, 3.63) is 59.2 Å². The van der Waals surface area contributed by atoms with Gasteiger partial charge < -0.3 is 10.3 Å². The third kappa shape index (κ3) is 2.52. The number of nitrogens with zero attached hydrogens (tertiary/aromatic N) is 1. The summed E-state index contributed by atoms with van der Waals surface area (Å²) in [6.45, 7) is 2.19. The molecule has 0 saturated carbocycles. The molecule has 3 rings (SSSR count). The van der Waals surface area contributed by atoms with E-state index in [1.165, 1.54) is 10.9 Å². The summed E-state index contributed by atoms with van der Waals surface area (Å²) in [6.07, 6.45) is 5.32. The van der Waals surface area contributed by atoms with Crippen LogP contribution in [0.3, 0.4) is 0 Å². The van der Waals surface area contributed by atoms with Crippen molar-refractivity contribution in [2.24, 2.45) is 0 Å². The van der Waals surface area contributed by atoms with Crippen molar-refractivity contribution in [3.8, 4) is 5.69 Å². The van der Waals surface area contributed by atoms with Crippen molar-refractivity contribution in [2.45, 2.75) is 26.2 Å². The standard InChI is InChI=1S/C18H19ClN2/c1-2-3-6-14-9-10-15(19)18(17(14)20)21-12-11-13-7-4-5-8-16(13)21/h4-5,7-12H,2-3,6,20H2,1H3. The van der Waals surface area contributed by atoms with Crippen LogP contribution in [0.5, 0.6) is 0 Å². The first-order valence-corrected chi connectivity index (χ1v) is 7.73. The van der Waals surface area contributed by atoms with Gasteiger partial charge in [0.1, 0.15) is 0 Å². The highest BCUT2D eigenvalue weighted by Gasteiger charge is 2.13. The number of rotatable bonds is 4. The number of hydrogen-bond acceptors (Lipinski definition) is 1. The number of aromatic nitrogens is 1. The zero-order valence-electron chi connectivity index (χ0n) is 12.1. The van der Waals surface area contributed by atoms with Gasteiger partial charge in [-0.3, -0.25) is 0 Å². The Balaban J connectivity index is 2.17. The van der Waals surface area contributed by atoms with Crippen molar-refractivity contribution in [1.29, 1.82) is 0 Å². The van der Waals surface area contributed by atoms with E-state index in [-0.39, 0.29) is 0 Å². The monoisotopic (exact) mass is 298 g/mol. The minimum absolute atomic E-state index is 0.689. The summed E-state index contributed by atoms with van der Waals surface area (Å²) >= 11 is 6.43. The van der Waals surface area contributed by atoms with E-state index in [4.69, 9.17) is 17.3 Å². The first kappa shape index (κ1) is 14.0. The first-order chi connectivity index (χ1) is 10.2. The molecule has 0 aliphatic heterocycles. The quantitative estimate of drug-likeness (QED) is 0.659. The topological polar surface area (TPSA) is 30.9 Å². The van der Waals surface area contributed by atoms with Crippen molar-refractivity contribution < 1.29 is 0 Å². The second-order valence-electron chi connectivity index (χ2n) is 5.32. The molecule has 0 aliphatic carbocycles. The van der Waals surface area contributed by atoms with Crippen molar-refractivity contribution in [3.63, 3.8) is 0 Å². The molecule has 1 heterocycles. The summed E-state index contributed by atoms with van der Waals surface area (Å²) < 4.78 is 2.09. The van der Waals surface area contributed by atoms with Crippen LogP contribution >= 0.6 is 11.6 Å². The number of para-hydroxylation sites is 1. The summed E-state index contributed by atoms with van der Waals surface area (Å²) in [5.74, 6) is 0. The van der Waals surface area contributed by atoms with Crippen LogP contribution in [-0.2, 0) is 6.42 Å². The molecule has 0 unspecified atom stereocenters. The molecule has 0 radical (unpaired) electrons. The van der Waals surface area contributed by atoms with Gasteiger partial charge in [0.2, 0.25) is 0 Å². The Morgan fingerprint density at radius 3 is 2.71 bits per heavy atom. The molecule has 3 aromatic rings. The summed E-state index contributed by atoms with van der Waals surface area (Å²) in [4.78, 5) is 0. The summed E-state index contributed by atoms with van der Waals surface area (Å²) in [5, 5.41) is 1.88. The smallest absolute Gasteiger partial charge is 0.0877 e. The molecule has 2 nitrogen and oxygen atoms in total. The molecule has 0 fully saturated rings. The molecule has 3 heteroatoms. The average Bonchev–Trinajstić information content (AvgIpc) is 2.91. The number of anilines is 1. The largest absolute Gasteiger partial charge is 0.397 e. The van der Waals surface area contributed by atoms with Gasteiger partial charge in [-0.05, 0) is 42.0 Å². The predicted molar refractivity (Wildman–Crippen MR) is 91.3 cm³/mol. The number of aryl methyl sites for hydroxylation is 1. The molecule has 0 bridgehead atoms. The van der Waals surface area contributed by atoms with Crippen LogP contribution in [-0.4, -0.2) is 4.57 Å². The van der Waals surface area contributed by atoms with E-state index in [2.05, 4.69) is 29.7 Å². The number of hydrogen-bond donors (Lipinski definition) is 1. The minimum Gasteiger partial charge on any atom is -0.397 e. The van der Waals surface area contributed by atoms with Gasteiger partial charge in [-0.15, -0.1) is 0 Å². The van der Waals surface area contributed by atoms with Crippen LogP contribution in [0, 0.1) is 0 Å². The van der Waals surface area contributed by atoms with E-state index in [0.29, 0.717) is 5.02 Å². The summed E-state index contributed by atoms with van der Waals surface area (Å²) in [6, 6.07) is 14.3. The molecule has 2 aromatic carbocycles. The van der Waals surface area contributed by atoms with Gasteiger partial charge in [0.05, 0.1) is 21.9 Å². The van der Waals surface area contributed by atoms with E-state index in [9.17, 15) is 0 Å². The van der Waals surface area contributed by atoms with Gasteiger partial charge in [0, 0.05) is 6.20 Å². The molecule has 0 aliphatic rings. The molecule has 1 aromatic heterocycles. The van der Waals surface area contributed by atoms with Gasteiger partial charge in [0.25, 0.3) is 0 Å². The molecule has 0 amide bonds. The van der Waals surface area contributed by atoms with Gasteiger partial charge >= 0.3 is 0 Å². The number of fused-ring (bicyclic) bond motifs is 1. The fourth-order valence-electron chi connectivity index (χ4n) is 2.73. The Kier molecular flexibility index (Phi) is 3.89. The molecule has 2 N–H and O–H groups in total. The second kappa shape index (κ2) is 5.82. The van der Waals surface area contributed by atoms with E-state index >= 15 is 0 Å². The van der Waals surface area contributed by atoms with Crippen LogP contribution in [0.1, 0.15) is 25.3 Å². The maximum atomic E-state index is 6.43. The van der Waals surface area contributed by atoms with Crippen LogP contribution in [0.4, 0.5) is 5.69 Å². The SMILES string of the molecule is CCCCc1ccc(Cl)c(-n2ccc3ccccc32)c1N. The highest BCUT2D eigenvalue weighted by atomic mass is 35.5. The lowest BCUT2D eigenvalue weighted by Gasteiger charge is -2.15. The van der Waals surface area contributed by atoms with E-state index < -0.39 is 0 Å². The molecule has 108 valence electrons. The molecular formula is C18H19ClN2. The Morgan fingerprint density at radius 2 is 1.90 bits per heavy atom. The highest BCUT2D eigenvalue weighted by Crippen LogP contribution is 2.33. The van der Waals surface area contributed by atoms with Crippen molar-refractivity contribution in [2.75, 3.05) is 5.73 Å².